The van der Waals surface area contributed by atoms with E-state index in [1.807, 2.05) is 0 Å². The summed E-state index contributed by atoms with van der Waals surface area (Å²) in [4.78, 5) is 10.6. The first-order chi connectivity index (χ1) is 5.55. The van der Waals surface area contributed by atoms with E-state index in [-0.39, 0.29) is 5.92 Å². The summed E-state index contributed by atoms with van der Waals surface area (Å²) in [6.45, 7) is 0. The molecule has 2 bridgehead atoms. The quantitative estimate of drug-likeness (QED) is 0.644. The second-order valence-corrected chi connectivity index (χ2v) is 3.56. The Bertz CT molecular complexity index is 225. The number of rotatable bonds is 2. The highest BCUT2D eigenvalue weighted by molar-refractivity contribution is 5.81. The van der Waals surface area contributed by atoms with Crippen LogP contribution in [0.5, 0.6) is 0 Å². The van der Waals surface area contributed by atoms with Crippen LogP contribution in [0.1, 0.15) is 12.8 Å². The van der Waals surface area contributed by atoms with Crippen molar-refractivity contribution in [2.24, 2.45) is 5.92 Å². The van der Waals surface area contributed by atoms with Gasteiger partial charge >= 0.3 is 5.97 Å². The minimum Gasteiger partial charge on any atom is -0.480 e. The Labute approximate surface area is 67.8 Å². The van der Waals surface area contributed by atoms with Gasteiger partial charge in [-0.2, -0.15) is 0 Å². The first kappa shape index (κ1) is 7.91. The van der Waals surface area contributed by atoms with Crippen molar-refractivity contribution in [1.29, 1.82) is 0 Å². The van der Waals surface area contributed by atoms with Crippen LogP contribution in [0.15, 0.2) is 0 Å². The van der Waals surface area contributed by atoms with Gasteiger partial charge in [0.25, 0.3) is 6.43 Å². The summed E-state index contributed by atoms with van der Waals surface area (Å²) in [6, 6.07) is -0.902. The second kappa shape index (κ2) is 2.16. The predicted molar refractivity (Wildman–Crippen MR) is 36.0 cm³/mol. The lowest BCUT2D eigenvalue weighted by atomic mass is 9.72. The highest BCUT2D eigenvalue weighted by Gasteiger charge is 2.62. The van der Waals surface area contributed by atoms with Crippen LogP contribution in [-0.2, 0) is 4.79 Å². The molecule has 2 saturated heterocycles. The molecule has 5 heteroatoms. The summed E-state index contributed by atoms with van der Waals surface area (Å²) in [7, 11) is 0. The molecule has 3 nitrogen and oxygen atoms in total. The molecule has 2 aliphatic heterocycles. The lowest BCUT2D eigenvalue weighted by Crippen LogP contribution is -2.51. The molecule has 0 radical (unpaired) electrons. The Hall–Kier alpha value is -0.710. The standard InChI is InChI=1S/C7H9F2NO2/c8-5(9)4-3-1-7(2-3,10-4)6(11)12/h3-5,10H,1-2H2,(H,11,12). The fraction of sp³-hybridized carbons (Fsp3) is 0.857. The van der Waals surface area contributed by atoms with Gasteiger partial charge in [-0.25, -0.2) is 8.78 Å². The zero-order valence-electron chi connectivity index (χ0n) is 6.26. The largest absolute Gasteiger partial charge is 0.480 e. The van der Waals surface area contributed by atoms with Crippen LogP contribution in [-0.4, -0.2) is 29.1 Å². The van der Waals surface area contributed by atoms with Gasteiger partial charge in [-0.15, -0.1) is 0 Å². The van der Waals surface area contributed by atoms with Crippen molar-refractivity contribution < 1.29 is 18.7 Å². The number of carboxylic acids is 1. The first-order valence-electron chi connectivity index (χ1n) is 3.84. The van der Waals surface area contributed by atoms with Gasteiger partial charge in [-0.05, 0) is 18.8 Å². The summed E-state index contributed by atoms with van der Waals surface area (Å²) in [5.74, 6) is -1.14. The van der Waals surface area contributed by atoms with Crippen LogP contribution < -0.4 is 5.32 Å². The maximum absolute atomic E-state index is 12.2. The molecule has 1 unspecified atom stereocenters. The van der Waals surface area contributed by atoms with Gasteiger partial charge in [-0.1, -0.05) is 0 Å². The van der Waals surface area contributed by atoms with E-state index >= 15 is 0 Å². The molecule has 1 atom stereocenters. The van der Waals surface area contributed by atoms with E-state index in [0.29, 0.717) is 12.8 Å². The Morgan fingerprint density at radius 2 is 2.17 bits per heavy atom. The molecule has 0 aromatic heterocycles. The Balaban J connectivity index is 2.10. The van der Waals surface area contributed by atoms with Crippen LogP contribution >= 0.6 is 0 Å². The van der Waals surface area contributed by atoms with Gasteiger partial charge < -0.3 is 5.11 Å². The van der Waals surface area contributed by atoms with Crippen molar-refractivity contribution in [3.05, 3.63) is 0 Å². The number of fused-ring (bicyclic) bond motifs is 1. The van der Waals surface area contributed by atoms with Crippen LogP contribution in [0.4, 0.5) is 8.78 Å². The van der Waals surface area contributed by atoms with Crippen molar-refractivity contribution in [2.75, 3.05) is 0 Å². The molecule has 1 saturated carbocycles. The molecule has 2 heterocycles. The molecule has 3 rings (SSSR count). The molecule has 0 aromatic carbocycles. The Morgan fingerprint density at radius 1 is 1.58 bits per heavy atom. The fourth-order valence-electron chi connectivity index (χ4n) is 2.15. The normalized spacial score (nSPS) is 44.6. The van der Waals surface area contributed by atoms with Crippen molar-refractivity contribution in [3.63, 3.8) is 0 Å². The van der Waals surface area contributed by atoms with E-state index in [1.165, 1.54) is 0 Å². The summed E-state index contributed by atoms with van der Waals surface area (Å²) in [6.07, 6.45) is -1.73. The maximum Gasteiger partial charge on any atom is 0.323 e. The minimum absolute atomic E-state index is 0.138. The minimum atomic E-state index is -2.45. The van der Waals surface area contributed by atoms with Gasteiger partial charge in [0.2, 0.25) is 0 Å². The zero-order valence-corrected chi connectivity index (χ0v) is 6.26. The maximum atomic E-state index is 12.2. The average Bonchev–Trinajstić information content (AvgIpc) is 2.36. The van der Waals surface area contributed by atoms with Crippen molar-refractivity contribution in [3.8, 4) is 0 Å². The van der Waals surface area contributed by atoms with Gasteiger partial charge in [0.05, 0.1) is 6.04 Å². The van der Waals surface area contributed by atoms with Crippen LogP contribution in [0.2, 0.25) is 0 Å². The van der Waals surface area contributed by atoms with Gasteiger partial charge in [0.15, 0.2) is 0 Å². The average molecular weight is 177 g/mol. The number of hydrogen-bond donors (Lipinski definition) is 2. The van der Waals surface area contributed by atoms with E-state index in [1.54, 1.807) is 0 Å². The summed E-state index contributed by atoms with van der Waals surface area (Å²) in [5, 5.41) is 11.2. The molecule has 68 valence electrons. The van der Waals surface area contributed by atoms with Crippen molar-refractivity contribution in [1.82, 2.24) is 5.32 Å². The summed E-state index contributed by atoms with van der Waals surface area (Å²) < 4.78 is 24.4. The highest BCUT2D eigenvalue weighted by atomic mass is 19.3. The number of carboxylic acid groups (broad SMARTS) is 1. The van der Waals surface area contributed by atoms with Crippen molar-refractivity contribution >= 4 is 5.97 Å². The number of halogens is 2. The van der Waals surface area contributed by atoms with Gasteiger partial charge in [0, 0.05) is 0 Å². The smallest absolute Gasteiger partial charge is 0.323 e. The van der Waals surface area contributed by atoms with Gasteiger partial charge in [0.1, 0.15) is 5.54 Å². The fourth-order valence-corrected chi connectivity index (χ4v) is 2.15. The molecule has 0 aromatic rings. The summed E-state index contributed by atoms with van der Waals surface area (Å²) >= 11 is 0. The highest BCUT2D eigenvalue weighted by Crippen LogP contribution is 2.48. The number of carbonyl (C=O) groups is 1. The predicted octanol–water partition coefficient (Wildman–Crippen LogP) is 0.457. The first-order valence-corrected chi connectivity index (χ1v) is 3.84. The van der Waals surface area contributed by atoms with E-state index in [9.17, 15) is 13.6 Å². The molecule has 0 spiro atoms. The molecule has 2 N–H and O–H groups in total. The van der Waals surface area contributed by atoms with Crippen LogP contribution in [0, 0.1) is 5.92 Å². The molecular weight excluding hydrogens is 168 g/mol. The van der Waals surface area contributed by atoms with Gasteiger partial charge in [-0.3, -0.25) is 10.1 Å². The third-order valence-electron chi connectivity index (χ3n) is 2.85. The van der Waals surface area contributed by atoms with E-state index < -0.39 is 24.0 Å². The van der Waals surface area contributed by atoms with Crippen molar-refractivity contribution in [2.45, 2.75) is 30.8 Å². The van der Waals surface area contributed by atoms with Crippen LogP contribution in [0.25, 0.3) is 0 Å². The Morgan fingerprint density at radius 3 is 2.42 bits per heavy atom. The summed E-state index contributed by atoms with van der Waals surface area (Å²) in [5.41, 5.74) is -1.02. The van der Waals surface area contributed by atoms with E-state index in [0.717, 1.165) is 0 Å². The second-order valence-electron chi connectivity index (χ2n) is 3.56. The molecule has 3 aliphatic rings. The number of nitrogens with one attached hydrogen (secondary N) is 1. The third-order valence-corrected chi connectivity index (χ3v) is 2.85. The molecule has 3 fully saturated rings. The molecule has 1 aliphatic carbocycles. The molecule has 0 amide bonds. The van der Waals surface area contributed by atoms with Crippen LogP contribution in [0.3, 0.4) is 0 Å². The third kappa shape index (κ3) is 0.798. The number of hydrogen-bond acceptors (Lipinski definition) is 2. The Kier molecular flexibility index (Phi) is 1.42. The lowest BCUT2D eigenvalue weighted by molar-refractivity contribution is -0.147. The van der Waals surface area contributed by atoms with E-state index in [4.69, 9.17) is 5.11 Å². The topological polar surface area (TPSA) is 49.3 Å². The monoisotopic (exact) mass is 177 g/mol. The molecular formula is C7H9F2NO2. The zero-order chi connectivity index (χ0) is 8.93. The molecule has 12 heavy (non-hydrogen) atoms. The van der Waals surface area contributed by atoms with E-state index in [2.05, 4.69) is 5.32 Å². The SMILES string of the molecule is O=C(O)C12CC(C1)C(C(F)F)N2. The lowest BCUT2D eigenvalue weighted by Gasteiger charge is -2.32. The number of alkyl halides is 2. The number of aliphatic carboxylic acids is 1.